The second kappa shape index (κ2) is 5.18. The Bertz CT molecular complexity index is 417. The number of esters is 2. The smallest absolute Gasteiger partial charge is 0.450 e. The van der Waals surface area contributed by atoms with Crippen molar-refractivity contribution >= 4 is 17.7 Å². The van der Waals surface area contributed by atoms with Crippen molar-refractivity contribution in [3.8, 4) is 0 Å². The Morgan fingerprint density at radius 1 is 1.47 bits per heavy atom. The van der Waals surface area contributed by atoms with E-state index in [4.69, 9.17) is 0 Å². The van der Waals surface area contributed by atoms with Crippen LogP contribution >= 0.6 is 0 Å². The van der Waals surface area contributed by atoms with Crippen molar-refractivity contribution in [2.45, 2.75) is 38.6 Å². The van der Waals surface area contributed by atoms with Crippen LogP contribution in [-0.4, -0.2) is 36.7 Å². The van der Waals surface area contributed by atoms with Gasteiger partial charge >= 0.3 is 18.1 Å². The molecule has 0 unspecified atom stereocenters. The molecule has 1 aliphatic heterocycles. The number of alkyl halides is 3. The van der Waals surface area contributed by atoms with Gasteiger partial charge in [0, 0.05) is 12.3 Å². The third-order valence-electron chi connectivity index (χ3n) is 2.66. The van der Waals surface area contributed by atoms with Gasteiger partial charge in [0.05, 0.1) is 13.5 Å². The first kappa shape index (κ1) is 15.5. The minimum Gasteiger partial charge on any atom is -0.469 e. The number of carbonyl (C=O) groups excluding carboxylic acids is 2. The molecular weight excluding hydrogens is 267 g/mol. The largest absolute Gasteiger partial charge is 0.469 e. The fourth-order valence-electron chi connectivity index (χ4n) is 1.58. The molecule has 0 aromatic heterocycles. The van der Waals surface area contributed by atoms with Crippen LogP contribution in [0.25, 0.3) is 0 Å². The molecule has 5 nitrogen and oxygen atoms in total. The summed E-state index contributed by atoms with van der Waals surface area (Å²) in [7, 11) is 1.06. The lowest BCUT2D eigenvalue weighted by Gasteiger charge is -2.26. The summed E-state index contributed by atoms with van der Waals surface area (Å²) in [5.74, 6) is -2.42. The van der Waals surface area contributed by atoms with Gasteiger partial charge in [-0.25, -0.2) is 9.79 Å². The van der Waals surface area contributed by atoms with E-state index in [1.165, 1.54) is 13.8 Å². The first-order valence-corrected chi connectivity index (χ1v) is 5.59. The number of ether oxygens (including phenoxy) is 2. The maximum atomic E-state index is 13.0. The molecule has 1 atom stereocenters. The number of cyclic esters (lactones) is 1. The van der Waals surface area contributed by atoms with Crippen LogP contribution in [0.1, 0.15) is 26.7 Å². The topological polar surface area (TPSA) is 65.0 Å². The van der Waals surface area contributed by atoms with E-state index in [2.05, 4.69) is 14.5 Å². The van der Waals surface area contributed by atoms with Gasteiger partial charge in [-0.15, -0.1) is 0 Å². The number of rotatable bonds is 4. The average Bonchev–Trinajstić information content (AvgIpc) is 2.64. The Morgan fingerprint density at radius 3 is 2.42 bits per heavy atom. The Kier molecular flexibility index (Phi) is 4.21. The van der Waals surface area contributed by atoms with E-state index in [0.29, 0.717) is 0 Å². The van der Waals surface area contributed by atoms with Gasteiger partial charge in [-0.1, -0.05) is 13.8 Å². The van der Waals surface area contributed by atoms with Crippen LogP contribution in [0.2, 0.25) is 0 Å². The molecule has 0 N–H and O–H groups in total. The minimum atomic E-state index is -4.88. The molecular formula is C11H14F3NO4. The Morgan fingerprint density at radius 2 is 2.05 bits per heavy atom. The van der Waals surface area contributed by atoms with Crippen molar-refractivity contribution < 1.29 is 32.2 Å². The lowest BCUT2D eigenvalue weighted by Crippen LogP contribution is -2.44. The second-order valence-corrected chi connectivity index (χ2v) is 4.40. The van der Waals surface area contributed by atoms with Gasteiger partial charge in [0.25, 0.3) is 5.72 Å². The van der Waals surface area contributed by atoms with E-state index >= 15 is 0 Å². The van der Waals surface area contributed by atoms with Crippen LogP contribution in [0.3, 0.4) is 0 Å². The minimum absolute atomic E-state index is 0.276. The number of aliphatic imine (C=N–C) groups is 1. The van der Waals surface area contributed by atoms with Gasteiger partial charge in [-0.3, -0.25) is 4.79 Å². The highest BCUT2D eigenvalue weighted by atomic mass is 19.4. The number of carbonyl (C=O) groups is 2. The molecule has 1 heterocycles. The fraction of sp³-hybridized carbons (Fsp3) is 0.727. The molecule has 0 saturated carbocycles. The summed E-state index contributed by atoms with van der Waals surface area (Å²) in [6.07, 6.45) is -6.21. The first-order valence-electron chi connectivity index (χ1n) is 5.59. The molecule has 0 aromatic carbocycles. The third-order valence-corrected chi connectivity index (χ3v) is 2.66. The van der Waals surface area contributed by atoms with Gasteiger partial charge in [-0.2, -0.15) is 13.2 Å². The molecule has 0 spiro atoms. The predicted octanol–water partition coefficient (Wildman–Crippen LogP) is 1.85. The highest BCUT2D eigenvalue weighted by molar-refractivity contribution is 6.38. The van der Waals surface area contributed by atoms with Crippen molar-refractivity contribution in [3.05, 3.63) is 0 Å². The molecule has 19 heavy (non-hydrogen) atoms. The standard InChI is InChI=1S/C11H14F3NO4/c1-6(2)8-9(17)19-10(15-8,11(12,13)14)5-4-7(16)18-3/h6H,4-5H2,1-3H3/t10-/m1/s1. The molecule has 8 heteroatoms. The summed E-state index contributed by atoms with van der Waals surface area (Å²) in [5, 5.41) is 0. The fourth-order valence-corrected chi connectivity index (χ4v) is 1.58. The molecule has 0 radical (unpaired) electrons. The van der Waals surface area contributed by atoms with Crippen LogP contribution < -0.4 is 0 Å². The lowest BCUT2D eigenvalue weighted by atomic mass is 10.1. The molecule has 1 aliphatic rings. The zero-order valence-corrected chi connectivity index (χ0v) is 10.7. The molecule has 1 rings (SSSR count). The van der Waals surface area contributed by atoms with E-state index in [0.717, 1.165) is 7.11 Å². The van der Waals surface area contributed by atoms with Crippen LogP contribution in [0.4, 0.5) is 13.2 Å². The predicted molar refractivity (Wildman–Crippen MR) is 58.4 cm³/mol. The zero-order valence-electron chi connectivity index (χ0n) is 10.7. The van der Waals surface area contributed by atoms with Crippen LogP contribution in [0, 0.1) is 5.92 Å². The van der Waals surface area contributed by atoms with Crippen molar-refractivity contribution in [2.75, 3.05) is 7.11 Å². The lowest BCUT2D eigenvalue weighted by molar-refractivity contribution is -0.262. The van der Waals surface area contributed by atoms with Gasteiger partial charge in [0.2, 0.25) is 0 Å². The number of hydrogen-bond donors (Lipinski definition) is 0. The van der Waals surface area contributed by atoms with E-state index < -0.39 is 42.6 Å². The van der Waals surface area contributed by atoms with Gasteiger partial charge in [0.1, 0.15) is 5.71 Å². The number of methoxy groups -OCH3 is 1. The number of nitrogens with zero attached hydrogens (tertiary/aromatic N) is 1. The molecule has 0 amide bonds. The summed E-state index contributed by atoms with van der Waals surface area (Å²) in [6.45, 7) is 3.07. The molecule has 0 fully saturated rings. The van der Waals surface area contributed by atoms with Gasteiger partial charge in [-0.05, 0) is 0 Å². The molecule has 108 valence electrons. The zero-order chi connectivity index (χ0) is 14.8. The molecule has 0 bridgehead atoms. The molecule has 0 aromatic rings. The summed E-state index contributed by atoms with van der Waals surface area (Å²) in [5.41, 5.74) is -3.25. The van der Waals surface area contributed by atoms with Crippen molar-refractivity contribution in [2.24, 2.45) is 10.9 Å². The van der Waals surface area contributed by atoms with Crippen LogP contribution in [-0.2, 0) is 19.1 Å². The first-order chi connectivity index (χ1) is 8.63. The van der Waals surface area contributed by atoms with Crippen molar-refractivity contribution in [1.82, 2.24) is 0 Å². The molecule has 0 saturated heterocycles. The Labute approximate surface area is 107 Å². The average molecular weight is 281 g/mol. The number of halogens is 3. The SMILES string of the molecule is COC(=O)CC[C@@]1(C(F)(F)F)N=C(C(C)C)C(=O)O1. The Balaban J connectivity index is 3.04. The maximum Gasteiger partial charge on any atom is 0.450 e. The third kappa shape index (κ3) is 3.05. The number of hydrogen-bond acceptors (Lipinski definition) is 5. The molecule has 0 aliphatic carbocycles. The van der Waals surface area contributed by atoms with E-state index in [9.17, 15) is 22.8 Å². The van der Waals surface area contributed by atoms with Crippen molar-refractivity contribution in [1.29, 1.82) is 0 Å². The van der Waals surface area contributed by atoms with Gasteiger partial charge < -0.3 is 9.47 Å². The van der Waals surface area contributed by atoms with Gasteiger partial charge in [0.15, 0.2) is 0 Å². The van der Waals surface area contributed by atoms with Crippen LogP contribution in [0.15, 0.2) is 4.99 Å². The van der Waals surface area contributed by atoms with E-state index in [-0.39, 0.29) is 5.71 Å². The normalized spacial score (nSPS) is 23.3. The quantitative estimate of drug-likeness (QED) is 0.738. The van der Waals surface area contributed by atoms with E-state index in [1.54, 1.807) is 0 Å². The summed E-state index contributed by atoms with van der Waals surface area (Å²) < 4.78 is 47.8. The van der Waals surface area contributed by atoms with Crippen LogP contribution in [0.5, 0.6) is 0 Å². The highest BCUT2D eigenvalue weighted by Gasteiger charge is 2.62. The maximum absolute atomic E-state index is 13.0. The van der Waals surface area contributed by atoms with Crippen molar-refractivity contribution in [3.63, 3.8) is 0 Å². The second-order valence-electron chi connectivity index (χ2n) is 4.40. The Hall–Kier alpha value is -1.60. The summed E-state index contributed by atoms with van der Waals surface area (Å²) >= 11 is 0. The van der Waals surface area contributed by atoms with E-state index in [1.807, 2.05) is 0 Å². The monoisotopic (exact) mass is 281 g/mol. The summed E-state index contributed by atoms with van der Waals surface area (Å²) in [4.78, 5) is 25.8. The highest BCUT2D eigenvalue weighted by Crippen LogP contribution is 2.42. The summed E-state index contributed by atoms with van der Waals surface area (Å²) in [6, 6.07) is 0.